The fraction of sp³-hybridized carbons (Fsp3) is 0.636. The first-order valence-corrected chi connectivity index (χ1v) is 4.82. The van der Waals surface area contributed by atoms with E-state index in [2.05, 4.69) is 37.9 Å². The molecule has 1 heteroatoms. The molecule has 0 radical (unpaired) electrons. The van der Waals surface area contributed by atoms with Crippen molar-refractivity contribution in [2.24, 2.45) is 11.3 Å². The number of allylic oxidation sites excluding steroid dienone is 2. The van der Waals surface area contributed by atoms with Crippen LogP contribution in [0.4, 0.5) is 0 Å². The molecule has 1 saturated carbocycles. The molecule has 3 atom stereocenters. The average Bonchev–Trinajstić information content (AvgIpc) is 2.49. The highest BCUT2D eigenvalue weighted by molar-refractivity contribution is 5.47. The average molecular weight is 163 g/mol. The molecule has 3 unspecified atom stereocenters. The Labute approximate surface area is 74.5 Å². The second-order valence-electron chi connectivity index (χ2n) is 3.95. The summed E-state index contributed by atoms with van der Waals surface area (Å²) in [7, 11) is 0. The molecule has 0 spiro atoms. The van der Waals surface area contributed by atoms with Gasteiger partial charge in [-0.15, -0.1) is 0 Å². The summed E-state index contributed by atoms with van der Waals surface area (Å²) in [5.41, 5.74) is 1.86. The van der Waals surface area contributed by atoms with Crippen LogP contribution in [0.1, 0.15) is 20.3 Å². The highest BCUT2D eigenvalue weighted by atomic mass is 14.9. The third-order valence-electron chi connectivity index (χ3n) is 3.51. The van der Waals surface area contributed by atoms with Gasteiger partial charge in [-0.25, -0.2) is 0 Å². The maximum atomic E-state index is 4.14. The van der Waals surface area contributed by atoms with Crippen molar-refractivity contribution in [3.63, 3.8) is 0 Å². The largest absolute Gasteiger partial charge is 0.314 e. The minimum Gasteiger partial charge on any atom is -0.314 e. The van der Waals surface area contributed by atoms with Crippen molar-refractivity contribution in [3.05, 3.63) is 24.3 Å². The van der Waals surface area contributed by atoms with Gasteiger partial charge in [0.25, 0.3) is 0 Å². The number of rotatable bonds is 3. The zero-order chi connectivity index (χ0) is 8.77. The first-order chi connectivity index (χ1) is 5.73. The molecule has 0 aromatic carbocycles. The smallest absolute Gasteiger partial charge is 0.0201 e. The topological polar surface area (TPSA) is 12.0 Å². The van der Waals surface area contributed by atoms with Crippen LogP contribution in [0.5, 0.6) is 0 Å². The highest BCUT2D eigenvalue weighted by Gasteiger charge is 2.61. The summed E-state index contributed by atoms with van der Waals surface area (Å²) in [6.07, 6.45) is 5.81. The molecule has 0 heterocycles. The van der Waals surface area contributed by atoms with Crippen LogP contribution in [0.15, 0.2) is 24.3 Å². The molecule has 1 fully saturated rings. The Morgan fingerprint density at radius 2 is 2.58 bits per heavy atom. The normalized spacial score (nSPS) is 39.8. The van der Waals surface area contributed by atoms with Crippen LogP contribution in [0, 0.1) is 11.3 Å². The first kappa shape index (κ1) is 8.06. The van der Waals surface area contributed by atoms with Crippen LogP contribution in [-0.4, -0.2) is 12.6 Å². The van der Waals surface area contributed by atoms with Crippen molar-refractivity contribution in [1.82, 2.24) is 5.32 Å². The summed E-state index contributed by atoms with van der Waals surface area (Å²) in [6.45, 7) is 9.64. The van der Waals surface area contributed by atoms with Crippen molar-refractivity contribution in [2.75, 3.05) is 6.54 Å². The van der Waals surface area contributed by atoms with Crippen LogP contribution in [0.3, 0.4) is 0 Å². The molecule has 0 aliphatic heterocycles. The predicted molar refractivity (Wildman–Crippen MR) is 52.0 cm³/mol. The summed E-state index contributed by atoms with van der Waals surface area (Å²) in [5.74, 6) is 0.687. The van der Waals surface area contributed by atoms with E-state index in [4.69, 9.17) is 0 Å². The van der Waals surface area contributed by atoms with Crippen molar-refractivity contribution in [3.8, 4) is 0 Å². The molecule has 66 valence electrons. The minimum atomic E-state index is 0.413. The van der Waals surface area contributed by atoms with E-state index >= 15 is 0 Å². The molecule has 2 aliphatic rings. The van der Waals surface area contributed by atoms with E-state index < -0.39 is 0 Å². The van der Waals surface area contributed by atoms with Gasteiger partial charge in [-0.1, -0.05) is 31.2 Å². The Morgan fingerprint density at radius 3 is 3.08 bits per heavy atom. The summed E-state index contributed by atoms with van der Waals surface area (Å²) in [6, 6.07) is 0.593. The molecule has 2 aliphatic carbocycles. The van der Waals surface area contributed by atoms with E-state index in [9.17, 15) is 0 Å². The van der Waals surface area contributed by atoms with Gasteiger partial charge in [0.1, 0.15) is 0 Å². The monoisotopic (exact) mass is 163 g/mol. The number of hydrogen-bond acceptors (Lipinski definition) is 1. The van der Waals surface area contributed by atoms with Crippen molar-refractivity contribution < 1.29 is 0 Å². The van der Waals surface area contributed by atoms with E-state index in [0.717, 1.165) is 6.54 Å². The minimum absolute atomic E-state index is 0.413. The van der Waals surface area contributed by atoms with Crippen LogP contribution in [-0.2, 0) is 0 Å². The summed E-state index contributed by atoms with van der Waals surface area (Å²) in [4.78, 5) is 0. The predicted octanol–water partition coefficient (Wildman–Crippen LogP) is 2.12. The lowest BCUT2D eigenvalue weighted by Gasteiger charge is -2.21. The third kappa shape index (κ3) is 0.776. The Bertz CT molecular complexity index is 241. The van der Waals surface area contributed by atoms with Gasteiger partial charge < -0.3 is 5.32 Å². The van der Waals surface area contributed by atoms with Gasteiger partial charge in [-0.05, 0) is 19.9 Å². The number of nitrogens with one attached hydrogen (secondary N) is 1. The van der Waals surface area contributed by atoms with Crippen LogP contribution < -0.4 is 5.32 Å². The molecule has 0 aromatic rings. The zero-order valence-corrected chi connectivity index (χ0v) is 7.93. The van der Waals surface area contributed by atoms with Gasteiger partial charge in [0.2, 0.25) is 0 Å². The first-order valence-electron chi connectivity index (χ1n) is 4.82. The Balaban J connectivity index is 2.09. The molecular formula is C11H17N. The van der Waals surface area contributed by atoms with Gasteiger partial charge >= 0.3 is 0 Å². The van der Waals surface area contributed by atoms with E-state index in [0.29, 0.717) is 17.4 Å². The van der Waals surface area contributed by atoms with Crippen molar-refractivity contribution >= 4 is 0 Å². The number of hydrogen-bond donors (Lipinski definition) is 1. The van der Waals surface area contributed by atoms with Gasteiger partial charge in [-0.3, -0.25) is 0 Å². The van der Waals surface area contributed by atoms with Gasteiger partial charge in [0.15, 0.2) is 0 Å². The molecular weight excluding hydrogens is 146 g/mol. The van der Waals surface area contributed by atoms with Gasteiger partial charge in [0, 0.05) is 17.4 Å². The molecule has 0 saturated heterocycles. The fourth-order valence-corrected chi connectivity index (χ4v) is 2.65. The highest BCUT2D eigenvalue weighted by Crippen LogP contribution is 2.66. The van der Waals surface area contributed by atoms with Crippen LogP contribution in [0.2, 0.25) is 0 Å². The Kier molecular flexibility index (Phi) is 1.65. The molecule has 12 heavy (non-hydrogen) atoms. The lowest BCUT2D eigenvalue weighted by Crippen LogP contribution is -2.35. The Morgan fingerprint density at radius 1 is 1.83 bits per heavy atom. The maximum absolute atomic E-state index is 4.14. The summed E-state index contributed by atoms with van der Waals surface area (Å²) < 4.78 is 0. The molecule has 1 nitrogen and oxygen atoms in total. The van der Waals surface area contributed by atoms with Crippen molar-refractivity contribution in [2.45, 2.75) is 26.3 Å². The van der Waals surface area contributed by atoms with E-state index in [1.807, 2.05) is 0 Å². The van der Waals surface area contributed by atoms with Crippen LogP contribution in [0.25, 0.3) is 0 Å². The Hall–Kier alpha value is -0.560. The molecule has 0 aromatic heterocycles. The van der Waals surface area contributed by atoms with Crippen LogP contribution >= 0.6 is 0 Å². The van der Waals surface area contributed by atoms with Gasteiger partial charge in [0.05, 0.1) is 0 Å². The van der Waals surface area contributed by atoms with E-state index in [-0.39, 0.29) is 0 Å². The summed E-state index contributed by atoms with van der Waals surface area (Å²) >= 11 is 0. The summed E-state index contributed by atoms with van der Waals surface area (Å²) in [5, 5.41) is 3.50. The molecule has 2 rings (SSSR count). The number of fused-ring (bicyclic) bond motifs is 1. The molecule has 0 bridgehead atoms. The standard InChI is InChI=1S/C11H17N/c1-4-12-9(3)11-7-5-6-10(11)8(11)2/h5-6,9-10,12H,2,4,7H2,1,3H3. The van der Waals surface area contributed by atoms with Crippen molar-refractivity contribution in [1.29, 1.82) is 0 Å². The molecule has 1 N–H and O–H groups in total. The SMILES string of the molecule is C=C1C2C=CCC12C(C)NCC. The lowest BCUT2D eigenvalue weighted by molar-refractivity contribution is 0.369. The quantitative estimate of drug-likeness (QED) is 0.628. The second-order valence-corrected chi connectivity index (χ2v) is 3.95. The second kappa shape index (κ2) is 2.46. The third-order valence-corrected chi connectivity index (χ3v) is 3.51. The molecule has 0 amide bonds. The zero-order valence-electron chi connectivity index (χ0n) is 7.93. The van der Waals surface area contributed by atoms with E-state index in [1.165, 1.54) is 12.0 Å². The lowest BCUT2D eigenvalue weighted by atomic mass is 9.93. The fourth-order valence-electron chi connectivity index (χ4n) is 2.65. The maximum Gasteiger partial charge on any atom is 0.0201 e. The van der Waals surface area contributed by atoms with Gasteiger partial charge in [-0.2, -0.15) is 0 Å². The van der Waals surface area contributed by atoms with E-state index in [1.54, 1.807) is 0 Å².